The first-order valence-electron chi connectivity index (χ1n) is 7.13. The lowest BCUT2D eigenvalue weighted by atomic mass is 9.82. The minimum atomic E-state index is -5.84. The van der Waals surface area contributed by atoms with Crippen LogP contribution in [0.15, 0.2) is 48.5 Å². The SMILES string of the molecule is CC(C)(C)c1cccc(I)c1-c1ccccc1.O=S(=O)(O)C(F)(F)F. The van der Waals surface area contributed by atoms with Gasteiger partial charge in [-0.1, -0.05) is 63.2 Å². The van der Waals surface area contributed by atoms with Gasteiger partial charge in [0.2, 0.25) is 0 Å². The van der Waals surface area contributed by atoms with E-state index in [1.54, 1.807) is 0 Å². The number of hydrogen-bond acceptors (Lipinski definition) is 2. The fraction of sp³-hybridized carbons (Fsp3) is 0.294. The number of rotatable bonds is 1. The fourth-order valence-corrected chi connectivity index (χ4v) is 2.86. The molecule has 0 unspecified atom stereocenters. The molecule has 0 spiro atoms. The second-order valence-corrected chi connectivity index (χ2v) is 8.77. The van der Waals surface area contributed by atoms with Crippen molar-refractivity contribution in [3.63, 3.8) is 0 Å². The fourth-order valence-electron chi connectivity index (χ4n) is 2.05. The molecule has 2 aromatic carbocycles. The molecule has 0 aliphatic heterocycles. The second kappa shape index (κ2) is 8.05. The van der Waals surface area contributed by atoms with Crippen molar-refractivity contribution in [2.75, 3.05) is 0 Å². The Hall–Kier alpha value is -1.13. The van der Waals surface area contributed by atoms with E-state index in [1.807, 2.05) is 0 Å². The van der Waals surface area contributed by atoms with Crippen LogP contribution < -0.4 is 0 Å². The number of halogens is 4. The van der Waals surface area contributed by atoms with Gasteiger partial charge in [0.1, 0.15) is 0 Å². The van der Waals surface area contributed by atoms with E-state index in [0.29, 0.717) is 0 Å². The largest absolute Gasteiger partial charge is 0.522 e. The molecule has 0 heterocycles. The number of benzene rings is 2. The summed E-state index contributed by atoms with van der Waals surface area (Å²) in [7, 11) is -5.84. The molecule has 0 aliphatic carbocycles. The first-order chi connectivity index (χ1) is 11.2. The van der Waals surface area contributed by atoms with Crippen LogP contribution in [-0.2, 0) is 15.5 Å². The Balaban J connectivity index is 0.000000333. The zero-order valence-corrected chi connectivity index (χ0v) is 16.8. The van der Waals surface area contributed by atoms with Crippen molar-refractivity contribution in [2.45, 2.75) is 31.7 Å². The highest BCUT2D eigenvalue weighted by molar-refractivity contribution is 14.1. The van der Waals surface area contributed by atoms with Crippen LogP contribution in [0.1, 0.15) is 26.3 Å². The Morgan fingerprint density at radius 3 is 1.80 bits per heavy atom. The van der Waals surface area contributed by atoms with Crippen LogP contribution >= 0.6 is 22.6 Å². The van der Waals surface area contributed by atoms with Gasteiger partial charge in [-0.05, 0) is 50.8 Å². The highest BCUT2D eigenvalue weighted by Crippen LogP contribution is 2.35. The van der Waals surface area contributed by atoms with Gasteiger partial charge in [0.05, 0.1) is 0 Å². The summed E-state index contributed by atoms with van der Waals surface area (Å²) < 4.78 is 58.9. The van der Waals surface area contributed by atoms with E-state index in [4.69, 9.17) is 13.0 Å². The van der Waals surface area contributed by atoms with Crippen LogP contribution in [0.25, 0.3) is 11.1 Å². The number of alkyl halides is 3. The molecule has 8 heteroatoms. The van der Waals surface area contributed by atoms with E-state index < -0.39 is 15.6 Å². The summed E-state index contributed by atoms with van der Waals surface area (Å²) >= 11 is 2.43. The standard InChI is InChI=1S/C16H17I.CHF3O3S/c1-16(2,3)13-10-7-11-14(17)15(13)12-8-5-4-6-9-12;2-1(3,4)8(5,6)7/h4-11H,1-3H3;(H,5,6,7). The maximum atomic E-state index is 10.7. The molecule has 2 aromatic rings. The van der Waals surface area contributed by atoms with Crippen molar-refractivity contribution in [1.82, 2.24) is 0 Å². The maximum absolute atomic E-state index is 10.7. The van der Waals surface area contributed by atoms with E-state index >= 15 is 0 Å². The summed E-state index contributed by atoms with van der Waals surface area (Å²) in [6, 6.07) is 17.2. The highest BCUT2D eigenvalue weighted by atomic mass is 127. The molecule has 0 fully saturated rings. The third-order valence-corrected chi connectivity index (χ3v) is 4.66. The summed E-state index contributed by atoms with van der Waals surface area (Å²) in [5.41, 5.74) is -1.27. The smallest absolute Gasteiger partial charge is 0.279 e. The molecule has 0 aliphatic rings. The van der Waals surface area contributed by atoms with Gasteiger partial charge >= 0.3 is 15.6 Å². The molecule has 0 amide bonds. The van der Waals surface area contributed by atoms with Crippen LogP contribution in [0.2, 0.25) is 0 Å². The molecule has 0 radical (unpaired) electrons. The van der Waals surface area contributed by atoms with Gasteiger partial charge in [-0.3, -0.25) is 4.55 Å². The third-order valence-electron chi connectivity index (χ3n) is 3.18. The predicted octanol–water partition coefficient (Wildman–Crippen LogP) is 5.65. The lowest BCUT2D eigenvalue weighted by Gasteiger charge is -2.24. The molecule has 0 aromatic heterocycles. The van der Waals surface area contributed by atoms with Gasteiger partial charge in [-0.2, -0.15) is 21.6 Å². The quantitative estimate of drug-likeness (QED) is 0.322. The van der Waals surface area contributed by atoms with Crippen LogP contribution in [0.5, 0.6) is 0 Å². The van der Waals surface area contributed by atoms with Crippen molar-refractivity contribution in [3.05, 3.63) is 57.7 Å². The zero-order chi connectivity index (χ0) is 19.5. The maximum Gasteiger partial charge on any atom is 0.522 e. The minimum absolute atomic E-state index is 0.173. The molecular formula is C17H18F3IO3S. The van der Waals surface area contributed by atoms with Crippen LogP contribution in [0.3, 0.4) is 0 Å². The molecule has 0 atom stereocenters. The molecule has 0 saturated heterocycles. The summed E-state index contributed by atoms with van der Waals surface area (Å²) in [5, 5.41) is 0. The van der Waals surface area contributed by atoms with E-state index in [9.17, 15) is 13.2 Å². The highest BCUT2D eigenvalue weighted by Gasteiger charge is 2.44. The Morgan fingerprint density at radius 2 is 1.40 bits per heavy atom. The first-order valence-corrected chi connectivity index (χ1v) is 9.65. The summed E-state index contributed by atoms with van der Waals surface area (Å²) in [5.74, 6) is 0. The molecular weight excluding hydrogens is 468 g/mol. The van der Waals surface area contributed by atoms with Crippen LogP contribution in [0, 0.1) is 3.57 Å². The molecule has 25 heavy (non-hydrogen) atoms. The van der Waals surface area contributed by atoms with Crippen molar-refractivity contribution in [2.24, 2.45) is 0 Å². The number of hydrogen-bond donors (Lipinski definition) is 1. The molecule has 0 bridgehead atoms. The lowest BCUT2D eigenvalue weighted by Crippen LogP contribution is -2.21. The molecule has 138 valence electrons. The van der Waals surface area contributed by atoms with Gasteiger partial charge < -0.3 is 0 Å². The Kier molecular flexibility index (Phi) is 7.05. The molecule has 1 N–H and O–H groups in total. The van der Waals surface area contributed by atoms with Gasteiger partial charge in [-0.25, -0.2) is 0 Å². The van der Waals surface area contributed by atoms with Crippen molar-refractivity contribution < 1.29 is 26.1 Å². The topological polar surface area (TPSA) is 54.4 Å². The van der Waals surface area contributed by atoms with E-state index in [2.05, 4.69) is 91.9 Å². The second-order valence-electron chi connectivity index (χ2n) is 6.20. The van der Waals surface area contributed by atoms with Crippen molar-refractivity contribution >= 4 is 32.7 Å². The normalized spacial score (nSPS) is 12.3. The van der Waals surface area contributed by atoms with E-state index in [1.165, 1.54) is 20.3 Å². The minimum Gasteiger partial charge on any atom is -0.279 e. The molecule has 3 nitrogen and oxygen atoms in total. The van der Waals surface area contributed by atoms with Gasteiger partial charge in [-0.15, -0.1) is 0 Å². The molecule has 2 rings (SSSR count). The average Bonchev–Trinajstić information content (AvgIpc) is 2.45. The third kappa shape index (κ3) is 6.27. The Bertz CT molecular complexity index is 811. The van der Waals surface area contributed by atoms with Crippen LogP contribution in [-0.4, -0.2) is 18.5 Å². The summed E-state index contributed by atoms with van der Waals surface area (Å²) in [6.07, 6.45) is 0. The van der Waals surface area contributed by atoms with Crippen molar-refractivity contribution in [3.8, 4) is 11.1 Å². The van der Waals surface area contributed by atoms with E-state index in [0.717, 1.165) is 0 Å². The first kappa shape index (κ1) is 21.9. The summed E-state index contributed by atoms with van der Waals surface area (Å²) in [4.78, 5) is 0. The van der Waals surface area contributed by atoms with Gasteiger partial charge in [0, 0.05) is 3.57 Å². The van der Waals surface area contributed by atoms with Crippen LogP contribution in [0.4, 0.5) is 13.2 Å². The molecule has 0 saturated carbocycles. The zero-order valence-electron chi connectivity index (χ0n) is 13.8. The predicted molar refractivity (Wildman–Crippen MR) is 101 cm³/mol. The van der Waals surface area contributed by atoms with Gasteiger partial charge in [0.15, 0.2) is 0 Å². The van der Waals surface area contributed by atoms with Crippen molar-refractivity contribution in [1.29, 1.82) is 0 Å². The Morgan fingerprint density at radius 1 is 0.920 bits per heavy atom. The van der Waals surface area contributed by atoms with E-state index in [-0.39, 0.29) is 5.41 Å². The monoisotopic (exact) mass is 486 g/mol. The average molecular weight is 486 g/mol. The lowest BCUT2D eigenvalue weighted by molar-refractivity contribution is -0.0510. The Labute approximate surface area is 159 Å². The van der Waals surface area contributed by atoms with Gasteiger partial charge in [0.25, 0.3) is 0 Å². The summed E-state index contributed by atoms with van der Waals surface area (Å²) in [6.45, 7) is 6.81.